The van der Waals surface area contributed by atoms with E-state index in [0.717, 1.165) is 0 Å². The zero-order valence-corrected chi connectivity index (χ0v) is 5.71. The van der Waals surface area contributed by atoms with Crippen LogP contribution in [0.1, 0.15) is 13.8 Å². The predicted molar refractivity (Wildman–Crippen MR) is 29.8 cm³/mol. The van der Waals surface area contributed by atoms with E-state index in [1.807, 2.05) is 0 Å². The number of rotatable bonds is 0. The highest BCUT2D eigenvalue weighted by Gasteiger charge is 2.28. The van der Waals surface area contributed by atoms with Crippen molar-refractivity contribution in [3.05, 3.63) is 16.7 Å². The summed E-state index contributed by atoms with van der Waals surface area (Å²) >= 11 is 0. The molecule has 0 radical (unpaired) electrons. The van der Waals surface area contributed by atoms with Crippen LogP contribution in [0.5, 0.6) is 0 Å². The topological polar surface area (TPSA) is 73.8 Å². The van der Waals surface area contributed by atoms with Crippen LogP contribution in [0.4, 0.5) is 0 Å². The molecule has 1 atom stereocenters. The minimum atomic E-state index is -0.623. The lowest BCUT2D eigenvalue weighted by molar-refractivity contribution is -1.36. The Balaban J connectivity index is 3.09. The van der Waals surface area contributed by atoms with Crippen molar-refractivity contribution in [1.82, 2.24) is 0 Å². The van der Waals surface area contributed by atoms with Crippen molar-refractivity contribution in [3.8, 4) is 0 Å². The Bertz CT molecular complexity index is 207. The van der Waals surface area contributed by atoms with Gasteiger partial charge in [0.05, 0.1) is 0 Å². The fourth-order valence-electron chi connectivity index (χ4n) is 0.776. The molecule has 0 amide bonds. The van der Waals surface area contributed by atoms with Gasteiger partial charge in [-0.1, -0.05) is 5.17 Å². The summed E-state index contributed by atoms with van der Waals surface area (Å²) in [6, 6.07) is 0. The number of quaternary nitrogens is 1. The Labute approximate surface area is 57.6 Å². The van der Waals surface area contributed by atoms with E-state index in [1.54, 1.807) is 0 Å². The van der Waals surface area contributed by atoms with Crippen LogP contribution in [0.25, 0.3) is 0 Å². The van der Waals surface area contributed by atoms with E-state index in [4.69, 9.17) is 5.21 Å². The summed E-state index contributed by atoms with van der Waals surface area (Å²) in [7, 11) is 0. The van der Waals surface area contributed by atoms with Gasteiger partial charge in [-0.05, 0) is 0 Å². The lowest BCUT2D eigenvalue weighted by atomic mass is 10.3. The molecule has 0 spiro atoms. The van der Waals surface area contributed by atoms with Gasteiger partial charge in [0.25, 0.3) is 5.71 Å². The standard InChI is InChI=1S/C5H8N2O3/c1-3-5(8)4(2)7(10)6(3)9/h6H,1-2H3,(H-,8,10). The van der Waals surface area contributed by atoms with Crippen LogP contribution in [0.15, 0.2) is 11.5 Å². The molecule has 5 heteroatoms. The second-order valence-corrected chi connectivity index (χ2v) is 2.16. The van der Waals surface area contributed by atoms with Gasteiger partial charge in [0.2, 0.25) is 0 Å². The molecule has 0 aliphatic carbocycles. The highest BCUT2D eigenvalue weighted by molar-refractivity contribution is 5.91. The molecule has 10 heavy (non-hydrogen) atoms. The van der Waals surface area contributed by atoms with Crippen LogP contribution < -0.4 is 10.3 Å². The summed E-state index contributed by atoms with van der Waals surface area (Å²) < 4.78 is 0. The van der Waals surface area contributed by atoms with Gasteiger partial charge in [0.1, 0.15) is 0 Å². The highest BCUT2D eigenvalue weighted by Crippen LogP contribution is 1.96. The van der Waals surface area contributed by atoms with Crippen LogP contribution >= 0.6 is 0 Å². The fourth-order valence-corrected chi connectivity index (χ4v) is 0.776. The monoisotopic (exact) mass is 144 g/mol. The Morgan fingerprint density at radius 1 is 1.50 bits per heavy atom. The summed E-state index contributed by atoms with van der Waals surface area (Å²) in [5, 5.41) is 29.7. The normalized spacial score (nSPS) is 26.5. The molecular formula is C5H8N2O3. The average Bonchev–Trinajstić information content (AvgIpc) is 2.07. The molecule has 0 aromatic rings. The zero-order valence-electron chi connectivity index (χ0n) is 5.71. The Hall–Kier alpha value is -1.07. The smallest absolute Gasteiger partial charge is 0.291 e. The van der Waals surface area contributed by atoms with Crippen molar-refractivity contribution in [3.63, 3.8) is 0 Å². The van der Waals surface area contributed by atoms with Crippen LogP contribution in [-0.2, 0) is 0 Å². The number of hydrogen-bond donors (Lipinski definition) is 2. The lowest BCUT2D eigenvalue weighted by Gasteiger charge is -2.06. The molecule has 0 bridgehead atoms. The Morgan fingerprint density at radius 3 is 2.10 bits per heavy atom. The van der Waals surface area contributed by atoms with E-state index in [1.165, 1.54) is 13.8 Å². The average molecular weight is 144 g/mol. The van der Waals surface area contributed by atoms with Gasteiger partial charge in [-0.3, -0.25) is 0 Å². The zero-order chi connectivity index (χ0) is 7.89. The molecule has 0 aromatic heterocycles. The second-order valence-electron chi connectivity index (χ2n) is 2.16. The van der Waals surface area contributed by atoms with Gasteiger partial charge < -0.3 is 10.3 Å². The van der Waals surface area contributed by atoms with Crippen LogP contribution in [0.3, 0.4) is 0 Å². The SMILES string of the molecule is CC1=C([O-])C(C)=[N+](O)[NH+]1[O-]. The molecule has 1 aliphatic rings. The first-order chi connectivity index (χ1) is 4.55. The number of nitrogens with zero attached hydrogens (tertiary/aromatic N) is 1. The van der Waals surface area contributed by atoms with Crippen molar-refractivity contribution in [1.29, 1.82) is 0 Å². The molecule has 1 heterocycles. The Kier molecular flexibility index (Phi) is 1.38. The highest BCUT2D eigenvalue weighted by atomic mass is 16.7. The van der Waals surface area contributed by atoms with Gasteiger partial charge in [-0.25, -0.2) is 5.21 Å². The number of hydrogen-bond acceptors (Lipinski definition) is 3. The molecule has 0 aromatic carbocycles. The molecule has 1 rings (SSSR count). The van der Waals surface area contributed by atoms with Crippen molar-refractivity contribution >= 4 is 5.71 Å². The first-order valence-electron chi connectivity index (χ1n) is 2.81. The van der Waals surface area contributed by atoms with Gasteiger partial charge in [-0.15, -0.1) is 0 Å². The van der Waals surface area contributed by atoms with Crippen LogP contribution in [-0.4, -0.2) is 15.8 Å². The van der Waals surface area contributed by atoms with Gasteiger partial charge in [-0.2, -0.15) is 0 Å². The summed E-state index contributed by atoms with van der Waals surface area (Å²) in [4.78, 5) is 0.373. The van der Waals surface area contributed by atoms with Crippen molar-refractivity contribution in [2.75, 3.05) is 0 Å². The maximum absolute atomic E-state index is 10.8. The molecule has 0 saturated heterocycles. The van der Waals surface area contributed by atoms with E-state index in [2.05, 4.69) is 0 Å². The third-order valence-electron chi connectivity index (χ3n) is 1.50. The van der Waals surface area contributed by atoms with Crippen LogP contribution in [0.2, 0.25) is 0 Å². The van der Waals surface area contributed by atoms with Gasteiger partial charge in [0, 0.05) is 19.6 Å². The molecule has 1 aliphatic heterocycles. The minimum absolute atomic E-state index is 0.0694. The van der Waals surface area contributed by atoms with Gasteiger partial charge >= 0.3 is 0 Å². The summed E-state index contributed by atoms with van der Waals surface area (Å²) in [6.07, 6.45) is 0. The summed E-state index contributed by atoms with van der Waals surface area (Å²) in [6.45, 7) is 2.79. The maximum Gasteiger partial charge on any atom is 0.291 e. The molecule has 56 valence electrons. The predicted octanol–water partition coefficient (Wildman–Crippen LogP) is -2.25. The minimum Gasteiger partial charge on any atom is -0.864 e. The van der Waals surface area contributed by atoms with E-state index in [0.29, 0.717) is 4.85 Å². The molecule has 2 N–H and O–H groups in total. The first kappa shape index (κ1) is 7.04. The quantitative estimate of drug-likeness (QED) is 0.229. The fraction of sp³-hybridized carbons (Fsp3) is 0.400. The van der Waals surface area contributed by atoms with Gasteiger partial charge in [0.15, 0.2) is 10.5 Å². The second kappa shape index (κ2) is 1.96. The van der Waals surface area contributed by atoms with E-state index >= 15 is 0 Å². The maximum atomic E-state index is 10.8. The van der Waals surface area contributed by atoms with E-state index < -0.39 is 5.17 Å². The number of hydroxylamine groups is 1. The Morgan fingerprint density at radius 2 is 2.00 bits per heavy atom. The third kappa shape index (κ3) is 0.680. The third-order valence-corrected chi connectivity index (χ3v) is 1.50. The molecular weight excluding hydrogens is 136 g/mol. The molecule has 5 nitrogen and oxygen atoms in total. The lowest BCUT2D eigenvalue weighted by Crippen LogP contribution is -3.08. The van der Waals surface area contributed by atoms with Crippen molar-refractivity contribution in [2.45, 2.75) is 13.8 Å². The van der Waals surface area contributed by atoms with Crippen molar-refractivity contribution in [2.24, 2.45) is 0 Å². The summed E-state index contributed by atoms with van der Waals surface area (Å²) in [5.74, 6) is -0.382. The molecule has 0 fully saturated rings. The van der Waals surface area contributed by atoms with Crippen LogP contribution in [0, 0.1) is 5.21 Å². The number of nitrogens with one attached hydrogen (secondary N) is 1. The first-order valence-corrected chi connectivity index (χ1v) is 2.81. The van der Waals surface area contributed by atoms with E-state index in [9.17, 15) is 10.3 Å². The van der Waals surface area contributed by atoms with E-state index in [-0.39, 0.29) is 17.2 Å². The number of allylic oxidation sites excluding steroid dienone is 2. The largest absolute Gasteiger partial charge is 0.864 e. The summed E-state index contributed by atoms with van der Waals surface area (Å²) in [5.41, 5.74) is 0.141. The molecule has 0 saturated carbocycles. The molecule has 1 unspecified atom stereocenters. The van der Waals surface area contributed by atoms with Crippen molar-refractivity contribution < 1.29 is 20.3 Å².